The molecule has 0 fully saturated rings. The number of rotatable bonds is 1. The van der Waals surface area contributed by atoms with E-state index in [1.807, 2.05) is 0 Å². The summed E-state index contributed by atoms with van der Waals surface area (Å²) in [6.07, 6.45) is 2.57. The van der Waals surface area contributed by atoms with Gasteiger partial charge in [0.15, 0.2) is 6.23 Å². The Morgan fingerprint density at radius 2 is 2.71 bits per heavy atom. The van der Waals surface area contributed by atoms with Crippen LogP contribution in [0.15, 0.2) is 5.10 Å². The molecule has 3 heteroatoms. The average molecular weight is 99.1 g/mol. The summed E-state index contributed by atoms with van der Waals surface area (Å²) in [4.78, 5) is 0. The Hall–Kier alpha value is -0.570. The van der Waals surface area contributed by atoms with Gasteiger partial charge in [0.05, 0.1) is 0 Å². The molecule has 0 aromatic rings. The molecule has 0 aromatic carbocycles. The molecule has 3 nitrogen and oxygen atoms in total. The molecule has 0 saturated heterocycles. The normalized spacial score (nSPS) is 27.9. The summed E-state index contributed by atoms with van der Waals surface area (Å²) >= 11 is 0. The molecule has 1 rings (SSSR count). The maximum absolute atomic E-state index is 4.82. The van der Waals surface area contributed by atoms with Crippen LogP contribution in [-0.4, -0.2) is 19.6 Å². The lowest BCUT2D eigenvalue weighted by molar-refractivity contribution is 0.0867. The highest BCUT2D eigenvalue weighted by Crippen LogP contribution is 1.96. The topological polar surface area (TPSA) is 35.7 Å². The first-order chi connectivity index (χ1) is 3.43. The van der Waals surface area contributed by atoms with Crippen LogP contribution in [0.25, 0.3) is 0 Å². The van der Waals surface area contributed by atoms with Gasteiger partial charge in [0.1, 0.15) is 0 Å². The minimum absolute atomic E-state index is 0.000000000000000222. The zero-order chi connectivity index (χ0) is 5.11. The van der Waals surface area contributed by atoms with Crippen molar-refractivity contribution < 1.29 is 4.74 Å². The molecule has 1 heterocycles. The highest BCUT2D eigenvalue weighted by atomic mass is 16.5. The van der Waals surface area contributed by atoms with Gasteiger partial charge in [-0.15, -0.1) is 0 Å². The van der Waals surface area contributed by atoms with E-state index in [-0.39, 0.29) is 6.23 Å². The van der Waals surface area contributed by atoms with Gasteiger partial charge in [0.2, 0.25) is 0 Å². The van der Waals surface area contributed by atoms with Crippen molar-refractivity contribution in [2.45, 2.75) is 12.6 Å². The molecule has 7 heavy (non-hydrogen) atoms. The third-order valence-corrected chi connectivity index (χ3v) is 0.856. The molecule has 0 spiro atoms. The van der Waals surface area contributed by atoms with Crippen molar-refractivity contribution in [3.8, 4) is 0 Å². The number of nitrogens with zero attached hydrogens (tertiary/aromatic N) is 2. The maximum atomic E-state index is 4.82. The monoisotopic (exact) mass is 99.1 g/mol. The Labute approximate surface area is 42.4 Å². The van der Waals surface area contributed by atoms with E-state index in [1.165, 1.54) is 0 Å². The number of methoxy groups -OCH3 is 1. The SMILES string of the molecule is COC1CC=N[N]1. The molecule has 1 unspecified atom stereocenters. The lowest BCUT2D eigenvalue weighted by atomic mass is 10.4. The van der Waals surface area contributed by atoms with E-state index in [0.717, 1.165) is 6.42 Å². The van der Waals surface area contributed by atoms with Crippen molar-refractivity contribution in [2.24, 2.45) is 5.10 Å². The van der Waals surface area contributed by atoms with Crippen molar-refractivity contribution in [1.29, 1.82) is 0 Å². The zero-order valence-corrected chi connectivity index (χ0v) is 4.16. The zero-order valence-electron chi connectivity index (χ0n) is 4.16. The van der Waals surface area contributed by atoms with Crippen LogP contribution in [0, 0.1) is 0 Å². The predicted octanol–water partition coefficient (Wildman–Crippen LogP) is -0.0472. The highest BCUT2D eigenvalue weighted by Gasteiger charge is 2.08. The number of hydrogen-bond donors (Lipinski definition) is 0. The molecule has 0 aromatic heterocycles. The van der Waals surface area contributed by atoms with E-state index in [9.17, 15) is 0 Å². The largest absolute Gasteiger partial charge is 0.358 e. The van der Waals surface area contributed by atoms with E-state index in [0.29, 0.717) is 0 Å². The molecule has 0 aliphatic carbocycles. The van der Waals surface area contributed by atoms with Gasteiger partial charge in [0.25, 0.3) is 0 Å². The standard InChI is InChI=1S/C4H7N2O/c1-7-4-2-3-5-6-4/h3-4H,2H2,1H3. The van der Waals surface area contributed by atoms with E-state index >= 15 is 0 Å². The molecular formula is C4H7N2O. The quantitative estimate of drug-likeness (QED) is 0.454. The molecule has 1 aliphatic heterocycles. The highest BCUT2D eigenvalue weighted by molar-refractivity contribution is 5.59. The molecule has 39 valence electrons. The molecule has 1 atom stereocenters. The molecule has 0 bridgehead atoms. The van der Waals surface area contributed by atoms with Crippen LogP contribution in [0.2, 0.25) is 0 Å². The summed E-state index contributed by atoms with van der Waals surface area (Å²) in [5, 5.41) is 3.61. The Morgan fingerprint density at radius 1 is 1.86 bits per heavy atom. The van der Waals surface area contributed by atoms with Crippen LogP contribution in [-0.2, 0) is 4.74 Å². The van der Waals surface area contributed by atoms with Gasteiger partial charge in [-0.25, -0.2) is 0 Å². The van der Waals surface area contributed by atoms with Crippen LogP contribution in [0.1, 0.15) is 6.42 Å². The molecule has 0 saturated carbocycles. The van der Waals surface area contributed by atoms with Crippen LogP contribution in [0.3, 0.4) is 0 Å². The molecule has 0 amide bonds. The summed E-state index contributed by atoms with van der Waals surface area (Å²) < 4.78 is 4.82. The maximum Gasteiger partial charge on any atom is 0.173 e. The lowest BCUT2D eigenvalue weighted by Crippen LogP contribution is -2.14. The van der Waals surface area contributed by atoms with Crippen molar-refractivity contribution in [3.05, 3.63) is 0 Å². The van der Waals surface area contributed by atoms with Crippen molar-refractivity contribution >= 4 is 6.21 Å². The third kappa shape index (κ3) is 0.899. The van der Waals surface area contributed by atoms with E-state index in [2.05, 4.69) is 10.5 Å². The smallest absolute Gasteiger partial charge is 0.173 e. The Morgan fingerprint density at radius 3 is 3.00 bits per heavy atom. The molecule has 0 N–H and O–H groups in total. The van der Waals surface area contributed by atoms with Crippen LogP contribution in [0.4, 0.5) is 0 Å². The van der Waals surface area contributed by atoms with Crippen LogP contribution >= 0.6 is 0 Å². The fourth-order valence-electron chi connectivity index (χ4n) is 0.449. The summed E-state index contributed by atoms with van der Waals surface area (Å²) in [5.41, 5.74) is 3.70. The first-order valence-corrected chi connectivity index (χ1v) is 2.18. The van der Waals surface area contributed by atoms with Crippen LogP contribution in [0.5, 0.6) is 0 Å². The third-order valence-electron chi connectivity index (χ3n) is 0.856. The second-order valence-corrected chi connectivity index (χ2v) is 1.34. The fraction of sp³-hybridized carbons (Fsp3) is 0.750. The van der Waals surface area contributed by atoms with Gasteiger partial charge in [0, 0.05) is 19.7 Å². The first-order valence-electron chi connectivity index (χ1n) is 2.18. The van der Waals surface area contributed by atoms with Gasteiger partial charge in [-0.05, 0) is 0 Å². The van der Waals surface area contributed by atoms with Gasteiger partial charge in [-0.1, -0.05) is 0 Å². The molecular weight excluding hydrogens is 92.1 g/mol. The minimum Gasteiger partial charge on any atom is -0.358 e. The molecule has 1 aliphatic rings. The number of hydrogen-bond acceptors (Lipinski definition) is 2. The summed E-state index contributed by atoms with van der Waals surface area (Å²) in [6.45, 7) is 0. The second kappa shape index (κ2) is 1.93. The van der Waals surface area contributed by atoms with Gasteiger partial charge in [-0.3, -0.25) is 0 Å². The Bertz CT molecular complexity index is 73.8. The van der Waals surface area contributed by atoms with E-state index < -0.39 is 0 Å². The summed E-state index contributed by atoms with van der Waals surface area (Å²) in [6, 6.07) is 0. The van der Waals surface area contributed by atoms with Gasteiger partial charge < -0.3 is 4.74 Å². The number of ether oxygens (including phenoxy) is 1. The van der Waals surface area contributed by atoms with E-state index in [1.54, 1.807) is 13.3 Å². The fourth-order valence-corrected chi connectivity index (χ4v) is 0.449. The second-order valence-electron chi connectivity index (χ2n) is 1.34. The Kier molecular flexibility index (Phi) is 1.26. The predicted molar refractivity (Wildman–Crippen MR) is 26.0 cm³/mol. The van der Waals surface area contributed by atoms with Crippen molar-refractivity contribution in [1.82, 2.24) is 5.43 Å². The average Bonchev–Trinajstić information content (AvgIpc) is 2.14. The summed E-state index contributed by atoms with van der Waals surface area (Å²) in [5.74, 6) is 0. The Balaban J connectivity index is 2.22. The summed E-state index contributed by atoms with van der Waals surface area (Å²) in [7, 11) is 1.63. The van der Waals surface area contributed by atoms with Gasteiger partial charge in [-0.2, -0.15) is 10.5 Å². The van der Waals surface area contributed by atoms with Crippen molar-refractivity contribution in [3.63, 3.8) is 0 Å². The van der Waals surface area contributed by atoms with Crippen LogP contribution < -0.4 is 5.43 Å². The lowest BCUT2D eigenvalue weighted by Gasteiger charge is -2.00. The van der Waals surface area contributed by atoms with E-state index in [4.69, 9.17) is 4.74 Å². The molecule has 1 radical (unpaired) electrons. The first kappa shape index (κ1) is 4.59. The minimum atomic E-state index is -0.000000000000000222. The van der Waals surface area contributed by atoms with Gasteiger partial charge >= 0.3 is 0 Å². The van der Waals surface area contributed by atoms with Crippen molar-refractivity contribution in [2.75, 3.05) is 7.11 Å².